The molecule has 2 aromatic heterocycles. The minimum Gasteiger partial charge on any atom is -0.455 e. The minimum atomic E-state index is 0.0408. The molecule has 4 heteroatoms. The number of fused-ring (bicyclic) bond motifs is 9. The van der Waals surface area contributed by atoms with E-state index >= 15 is 0 Å². The molecule has 2 heterocycles. The van der Waals surface area contributed by atoms with Crippen LogP contribution in [0, 0.1) is 0 Å². The first kappa shape index (κ1) is 34.8. The highest BCUT2D eigenvalue weighted by Gasteiger charge is 2.21. The van der Waals surface area contributed by atoms with Gasteiger partial charge in [-0.15, -0.1) is 0 Å². The number of para-hydroxylation sites is 2. The first-order valence-corrected chi connectivity index (χ1v) is 20.2. The summed E-state index contributed by atoms with van der Waals surface area (Å²) in [5, 5.41) is 9.40. The average Bonchev–Trinajstić information content (AvgIpc) is 3.68. The van der Waals surface area contributed by atoms with Crippen molar-refractivity contribution in [1.82, 2.24) is 15.0 Å². The Hall–Kier alpha value is -7.43. The highest BCUT2D eigenvalue weighted by molar-refractivity contribution is 6.26. The van der Waals surface area contributed by atoms with Gasteiger partial charge in [0.15, 0.2) is 17.5 Å². The Kier molecular flexibility index (Phi) is 8.02. The number of furan rings is 1. The molecule has 0 aliphatic heterocycles. The summed E-state index contributed by atoms with van der Waals surface area (Å²) in [5.74, 6) is 1.75. The van der Waals surface area contributed by atoms with Crippen LogP contribution in [0.3, 0.4) is 0 Å². The molecule has 0 saturated heterocycles. The zero-order valence-corrected chi connectivity index (χ0v) is 33.1. The summed E-state index contributed by atoms with van der Waals surface area (Å²) in [6.07, 6.45) is 0. The Morgan fingerprint density at radius 2 is 0.847 bits per heavy atom. The Bertz CT molecular complexity index is 3390. The van der Waals surface area contributed by atoms with Gasteiger partial charge in [-0.2, -0.15) is 0 Å². The molecule has 0 aliphatic rings. The Balaban J connectivity index is 1.13. The normalized spacial score (nSPS) is 12.0. The second-order valence-corrected chi connectivity index (χ2v) is 16.4. The van der Waals surface area contributed by atoms with E-state index in [1.165, 1.54) is 43.6 Å². The maximum atomic E-state index is 6.55. The molecular weight excluding hydrogens is 719 g/mol. The van der Waals surface area contributed by atoms with Crippen LogP contribution >= 0.6 is 0 Å². The smallest absolute Gasteiger partial charge is 0.167 e. The summed E-state index contributed by atoms with van der Waals surface area (Å²) in [4.78, 5) is 15.9. The summed E-state index contributed by atoms with van der Waals surface area (Å²) in [5.41, 5.74) is 10.1. The van der Waals surface area contributed by atoms with Crippen LogP contribution in [0.25, 0.3) is 111 Å². The lowest BCUT2D eigenvalue weighted by Gasteiger charge is -2.21. The largest absolute Gasteiger partial charge is 0.455 e. The van der Waals surface area contributed by atoms with E-state index in [-0.39, 0.29) is 5.41 Å². The number of rotatable bonds is 5. The highest BCUT2D eigenvalue weighted by Crippen LogP contribution is 2.41. The van der Waals surface area contributed by atoms with E-state index in [2.05, 4.69) is 172 Å². The third kappa shape index (κ3) is 5.95. The number of hydrogen-bond acceptors (Lipinski definition) is 4. The third-order valence-electron chi connectivity index (χ3n) is 11.7. The van der Waals surface area contributed by atoms with Gasteiger partial charge in [0.2, 0.25) is 0 Å². The monoisotopic (exact) mass is 757 g/mol. The fraction of sp³-hybridized carbons (Fsp3) is 0.0727. The van der Waals surface area contributed by atoms with Crippen LogP contribution in [0.4, 0.5) is 0 Å². The van der Waals surface area contributed by atoms with E-state index in [1.807, 2.05) is 30.3 Å². The molecule has 0 atom stereocenters. The van der Waals surface area contributed by atoms with E-state index in [9.17, 15) is 0 Å². The summed E-state index contributed by atoms with van der Waals surface area (Å²) >= 11 is 0. The SMILES string of the molecule is CC(C)(C)c1ccc2c3ccc(-c4nc(-c5ccccc5-c5ccc(-c6ccccc6)cc5)nc(-c5cccc6c5oc5ccccc56)n4)cc3c3ccccc3c2c1. The first-order chi connectivity index (χ1) is 28.9. The van der Waals surface area contributed by atoms with Crippen molar-refractivity contribution >= 4 is 54.3 Å². The van der Waals surface area contributed by atoms with Gasteiger partial charge < -0.3 is 4.42 Å². The van der Waals surface area contributed by atoms with Gasteiger partial charge in [0.25, 0.3) is 0 Å². The Morgan fingerprint density at radius 1 is 0.339 bits per heavy atom. The van der Waals surface area contributed by atoms with Crippen molar-refractivity contribution in [2.75, 3.05) is 0 Å². The molecule has 11 rings (SSSR count). The van der Waals surface area contributed by atoms with Crippen LogP contribution in [0.2, 0.25) is 0 Å². The molecule has 0 radical (unpaired) electrons. The van der Waals surface area contributed by atoms with Crippen molar-refractivity contribution in [3.05, 3.63) is 188 Å². The fourth-order valence-electron chi connectivity index (χ4n) is 8.63. The van der Waals surface area contributed by atoms with Crippen LogP contribution in [-0.4, -0.2) is 15.0 Å². The lowest BCUT2D eigenvalue weighted by molar-refractivity contribution is 0.591. The Morgan fingerprint density at radius 3 is 1.59 bits per heavy atom. The maximum absolute atomic E-state index is 6.55. The molecule has 0 spiro atoms. The van der Waals surface area contributed by atoms with Gasteiger partial charge in [-0.05, 0) is 89.8 Å². The second kappa shape index (κ2) is 13.6. The minimum absolute atomic E-state index is 0.0408. The van der Waals surface area contributed by atoms with Crippen LogP contribution in [0.15, 0.2) is 186 Å². The number of nitrogens with zero attached hydrogens (tertiary/aromatic N) is 3. The van der Waals surface area contributed by atoms with E-state index in [0.29, 0.717) is 17.5 Å². The lowest BCUT2D eigenvalue weighted by Crippen LogP contribution is -2.10. The molecule has 9 aromatic carbocycles. The zero-order valence-electron chi connectivity index (χ0n) is 33.1. The van der Waals surface area contributed by atoms with Crippen LogP contribution in [0.5, 0.6) is 0 Å². The molecule has 0 amide bonds. The number of aromatic nitrogens is 3. The highest BCUT2D eigenvalue weighted by atomic mass is 16.3. The second-order valence-electron chi connectivity index (χ2n) is 16.4. The first-order valence-electron chi connectivity index (χ1n) is 20.2. The fourth-order valence-corrected chi connectivity index (χ4v) is 8.63. The topological polar surface area (TPSA) is 51.8 Å². The molecule has 0 bridgehead atoms. The molecule has 0 N–H and O–H groups in total. The van der Waals surface area contributed by atoms with Crippen molar-refractivity contribution < 1.29 is 4.42 Å². The third-order valence-corrected chi connectivity index (χ3v) is 11.7. The maximum Gasteiger partial charge on any atom is 0.167 e. The summed E-state index contributed by atoms with van der Waals surface area (Å²) in [7, 11) is 0. The van der Waals surface area contributed by atoms with Gasteiger partial charge in [0.05, 0.1) is 5.56 Å². The molecule has 280 valence electrons. The van der Waals surface area contributed by atoms with Crippen LogP contribution < -0.4 is 0 Å². The van der Waals surface area contributed by atoms with Crippen molar-refractivity contribution in [3.8, 4) is 56.4 Å². The van der Waals surface area contributed by atoms with Gasteiger partial charge >= 0.3 is 0 Å². The summed E-state index contributed by atoms with van der Waals surface area (Å²) in [6, 6.07) is 64.3. The molecule has 0 fully saturated rings. The quantitative estimate of drug-likeness (QED) is 0.164. The van der Waals surface area contributed by atoms with Gasteiger partial charge in [-0.3, -0.25) is 0 Å². The van der Waals surface area contributed by atoms with Crippen LogP contribution in [0.1, 0.15) is 26.3 Å². The predicted octanol–water partition coefficient (Wildman–Crippen LogP) is 14.9. The van der Waals surface area contributed by atoms with E-state index < -0.39 is 0 Å². The van der Waals surface area contributed by atoms with Gasteiger partial charge in [0.1, 0.15) is 11.2 Å². The van der Waals surface area contributed by atoms with Gasteiger partial charge in [-0.1, -0.05) is 178 Å². The molecule has 0 saturated carbocycles. The molecular formula is C55H39N3O. The Labute approximate surface area is 342 Å². The predicted molar refractivity (Wildman–Crippen MR) is 246 cm³/mol. The van der Waals surface area contributed by atoms with Gasteiger partial charge in [-0.25, -0.2) is 15.0 Å². The molecule has 0 aliphatic carbocycles. The average molecular weight is 758 g/mol. The summed E-state index contributed by atoms with van der Waals surface area (Å²) < 4.78 is 6.55. The van der Waals surface area contributed by atoms with Crippen LogP contribution in [-0.2, 0) is 5.41 Å². The van der Waals surface area contributed by atoms with Crippen molar-refractivity contribution in [1.29, 1.82) is 0 Å². The molecule has 11 aromatic rings. The molecule has 0 unspecified atom stereocenters. The van der Waals surface area contributed by atoms with Gasteiger partial charge in [0, 0.05) is 21.9 Å². The summed E-state index contributed by atoms with van der Waals surface area (Å²) in [6.45, 7) is 6.82. The van der Waals surface area contributed by atoms with E-state index in [1.54, 1.807) is 0 Å². The molecule has 4 nitrogen and oxygen atoms in total. The standard InChI is InChI=1S/C55H39N3O/c1-55(2,3)38-29-31-43-42-30-28-37(32-48(42)40-17-8-9-18-41(40)49(43)33-38)52-56-53(58-54(57-52)47-22-13-21-45-44-19-11-12-23-50(44)59-51(45)47)46-20-10-7-16-39(46)36-26-24-35(25-27-36)34-14-5-4-6-15-34/h4-33H,1-3H3. The van der Waals surface area contributed by atoms with Crippen molar-refractivity contribution in [2.24, 2.45) is 0 Å². The lowest BCUT2D eigenvalue weighted by atomic mass is 9.84. The molecule has 59 heavy (non-hydrogen) atoms. The zero-order chi connectivity index (χ0) is 39.7. The van der Waals surface area contributed by atoms with Crippen molar-refractivity contribution in [2.45, 2.75) is 26.2 Å². The number of hydrogen-bond donors (Lipinski definition) is 0. The van der Waals surface area contributed by atoms with Crippen molar-refractivity contribution in [3.63, 3.8) is 0 Å². The number of benzene rings is 9. The van der Waals surface area contributed by atoms with E-state index in [0.717, 1.165) is 55.1 Å². The van der Waals surface area contributed by atoms with E-state index in [4.69, 9.17) is 19.4 Å².